The molecule has 4 rings (SSSR count). The van der Waals surface area contributed by atoms with Crippen molar-refractivity contribution < 1.29 is 28.8 Å². The fourth-order valence-electron chi connectivity index (χ4n) is 4.18. The molecule has 0 unspecified atom stereocenters. The Kier molecular flexibility index (Phi) is 10.8. The van der Waals surface area contributed by atoms with E-state index in [1.54, 1.807) is 21.3 Å². The number of hydrogen-bond donors (Lipinski definition) is 1. The lowest BCUT2D eigenvalue weighted by Gasteiger charge is -2.37. The van der Waals surface area contributed by atoms with Gasteiger partial charge >= 0.3 is 13.5 Å². The summed E-state index contributed by atoms with van der Waals surface area (Å²) in [7, 11) is 3.16. The number of ether oxygens (including phenoxy) is 3. The van der Waals surface area contributed by atoms with E-state index in [2.05, 4.69) is 19.2 Å². The highest BCUT2D eigenvalue weighted by Crippen LogP contribution is 2.41. The predicted octanol–water partition coefficient (Wildman–Crippen LogP) is 5.43. The molecule has 7 heteroatoms. The van der Waals surface area contributed by atoms with E-state index >= 15 is 0 Å². The monoisotopic (exact) mass is 509 g/mol. The fourth-order valence-corrected chi connectivity index (χ4v) is 4.18. The summed E-state index contributed by atoms with van der Waals surface area (Å²) >= 11 is 0. The smallest absolute Gasteiger partial charge is 0.331 e. The fraction of sp³-hybridized carbons (Fsp3) is 0.500. The van der Waals surface area contributed by atoms with Crippen molar-refractivity contribution >= 4 is 18.9 Å². The maximum atomic E-state index is 11.6. The van der Waals surface area contributed by atoms with E-state index < -0.39 is 11.2 Å². The topological polar surface area (TPSA) is 74.2 Å². The summed E-state index contributed by atoms with van der Waals surface area (Å²) in [5.74, 6) is 1.30. The first kappa shape index (κ1) is 30.5. The Balaban J connectivity index is 0.00000115. The normalized spacial score (nSPS) is 17.6. The summed E-state index contributed by atoms with van der Waals surface area (Å²) in [6.45, 7) is 17.7. The van der Waals surface area contributed by atoms with Crippen molar-refractivity contribution in [2.24, 2.45) is 0 Å². The Bertz CT molecular complexity index is 1040. The Morgan fingerprint density at radius 3 is 2.49 bits per heavy atom. The highest BCUT2D eigenvalue weighted by Gasteiger charge is 2.36. The van der Waals surface area contributed by atoms with E-state index in [4.69, 9.17) is 18.9 Å². The largest absolute Gasteiger partial charge is 0.492 e. The molecule has 6 nitrogen and oxygen atoms in total. The van der Waals surface area contributed by atoms with Gasteiger partial charge in [-0.1, -0.05) is 38.1 Å². The summed E-state index contributed by atoms with van der Waals surface area (Å²) in [4.78, 5) is 11.6. The van der Waals surface area contributed by atoms with E-state index in [0.717, 1.165) is 40.9 Å². The van der Waals surface area contributed by atoms with Crippen LogP contribution < -0.4 is 14.9 Å². The minimum absolute atomic E-state index is 0.0138. The van der Waals surface area contributed by atoms with Crippen LogP contribution in [0.2, 0.25) is 0 Å². The lowest BCUT2D eigenvalue weighted by Crippen LogP contribution is -2.49. The minimum atomic E-state index is -0.974. The number of esters is 1. The van der Waals surface area contributed by atoms with Crippen LogP contribution in [0.4, 0.5) is 0 Å². The highest BCUT2D eigenvalue weighted by atomic mass is 16.5. The molecule has 0 bridgehead atoms. The zero-order valence-corrected chi connectivity index (χ0v) is 23.4. The molecule has 1 N–H and O–H groups in total. The third-order valence-corrected chi connectivity index (χ3v) is 6.99. The van der Waals surface area contributed by atoms with Crippen LogP contribution in [0.1, 0.15) is 83.1 Å². The number of rotatable bonds is 8. The Morgan fingerprint density at radius 2 is 1.84 bits per heavy atom. The summed E-state index contributed by atoms with van der Waals surface area (Å²) < 4.78 is 22.9. The molecule has 1 radical (unpaired) electrons. The molecule has 2 aliphatic rings. The molecule has 201 valence electrons. The second-order valence-corrected chi connectivity index (χ2v) is 9.85. The molecule has 1 heterocycles. The van der Waals surface area contributed by atoms with E-state index in [1.165, 1.54) is 12.7 Å². The number of aliphatic hydroxyl groups is 1. The second kappa shape index (κ2) is 13.2. The molecular weight excluding hydrogens is 467 g/mol. The van der Waals surface area contributed by atoms with Gasteiger partial charge in [-0.3, -0.25) is 4.79 Å². The van der Waals surface area contributed by atoms with Crippen LogP contribution >= 0.6 is 0 Å². The van der Waals surface area contributed by atoms with Crippen molar-refractivity contribution in [1.29, 1.82) is 0 Å². The van der Waals surface area contributed by atoms with Crippen LogP contribution in [-0.2, 0) is 20.6 Å². The number of fused-ring (bicyclic) bond motifs is 2. The average Bonchev–Trinajstić information content (AvgIpc) is 3.48. The first-order chi connectivity index (χ1) is 17.6. The molecule has 2 aromatic carbocycles. The van der Waals surface area contributed by atoms with E-state index in [0.29, 0.717) is 13.0 Å². The molecule has 37 heavy (non-hydrogen) atoms. The van der Waals surface area contributed by atoms with Gasteiger partial charge in [-0.25, -0.2) is 0 Å². The van der Waals surface area contributed by atoms with Crippen LogP contribution in [-0.4, -0.2) is 43.5 Å². The Labute approximate surface area is 223 Å². The van der Waals surface area contributed by atoms with Crippen molar-refractivity contribution in [3.05, 3.63) is 66.2 Å². The first-order valence-electron chi connectivity index (χ1n) is 12.9. The van der Waals surface area contributed by atoms with Gasteiger partial charge < -0.3 is 24.0 Å². The molecule has 0 saturated carbocycles. The van der Waals surface area contributed by atoms with Gasteiger partial charge in [0.25, 0.3) is 0 Å². The van der Waals surface area contributed by atoms with Crippen LogP contribution in [0.15, 0.2) is 49.6 Å². The van der Waals surface area contributed by atoms with Gasteiger partial charge in [0, 0.05) is 17.5 Å². The lowest BCUT2D eigenvalue weighted by molar-refractivity contribution is -0.141. The standard InChI is InChI=1S/C26H32BO6.C2H6.C2H4/c1-25(2,29)26(3,4)33-27-21-8-6-7-20-19(21)11-12-22(20)32-17-9-10-18-16(13-24(28)30-5)15-31-23(18)14-17;2*1-2/h6-10,14,16,22,29H,11-13,15H2,1-5H3;1-2H3;1-2H2/t16-,22-;;/m1../s1. The SMILES string of the molecule is C=C.CC.COC(=O)C[C@@H]1COc2cc(O[C@@H]3CCc4c([B]OC(C)(C)C(C)(C)O)cccc43)ccc21. The number of carbonyl (C=O) groups excluding carboxylic acids is 1. The van der Waals surface area contributed by atoms with Crippen LogP contribution in [0.5, 0.6) is 11.5 Å². The van der Waals surface area contributed by atoms with Crippen molar-refractivity contribution in [3.63, 3.8) is 0 Å². The molecule has 2 aromatic rings. The molecule has 0 aromatic heterocycles. The van der Waals surface area contributed by atoms with Gasteiger partial charge in [0.15, 0.2) is 0 Å². The van der Waals surface area contributed by atoms with E-state index in [1.807, 2.05) is 58.0 Å². The zero-order valence-electron chi connectivity index (χ0n) is 23.4. The first-order valence-corrected chi connectivity index (χ1v) is 12.9. The number of hydrogen-bond acceptors (Lipinski definition) is 6. The van der Waals surface area contributed by atoms with Gasteiger partial charge in [0.2, 0.25) is 0 Å². The van der Waals surface area contributed by atoms with Crippen LogP contribution in [0.3, 0.4) is 0 Å². The maximum absolute atomic E-state index is 11.6. The lowest BCUT2D eigenvalue weighted by atomic mass is 9.79. The zero-order chi connectivity index (χ0) is 27.8. The molecule has 1 aliphatic carbocycles. The van der Waals surface area contributed by atoms with Crippen molar-refractivity contribution in [2.45, 2.75) is 84.0 Å². The van der Waals surface area contributed by atoms with Crippen LogP contribution in [0, 0.1) is 0 Å². The molecule has 0 saturated heterocycles. The third kappa shape index (κ3) is 7.17. The van der Waals surface area contributed by atoms with Crippen molar-refractivity contribution in [1.82, 2.24) is 0 Å². The summed E-state index contributed by atoms with van der Waals surface area (Å²) in [5, 5.41) is 10.4. The summed E-state index contributed by atoms with van der Waals surface area (Å²) in [6, 6.07) is 12.0. The van der Waals surface area contributed by atoms with Crippen LogP contribution in [0.25, 0.3) is 0 Å². The Hall–Kier alpha value is -2.77. The minimum Gasteiger partial charge on any atom is -0.492 e. The predicted molar refractivity (Wildman–Crippen MR) is 149 cm³/mol. The maximum Gasteiger partial charge on any atom is 0.331 e. The Morgan fingerprint density at radius 1 is 1.14 bits per heavy atom. The van der Waals surface area contributed by atoms with Crippen molar-refractivity contribution in [2.75, 3.05) is 13.7 Å². The summed E-state index contributed by atoms with van der Waals surface area (Å²) in [5.41, 5.74) is 2.70. The van der Waals surface area contributed by atoms with Gasteiger partial charge in [0.05, 0.1) is 31.3 Å². The molecule has 2 atom stereocenters. The van der Waals surface area contributed by atoms with Gasteiger partial charge in [-0.05, 0) is 63.2 Å². The highest BCUT2D eigenvalue weighted by molar-refractivity contribution is 6.47. The molecule has 1 aliphatic heterocycles. The quantitative estimate of drug-likeness (QED) is 0.291. The van der Waals surface area contributed by atoms with Crippen molar-refractivity contribution in [3.8, 4) is 11.5 Å². The third-order valence-electron chi connectivity index (χ3n) is 6.99. The second-order valence-electron chi connectivity index (χ2n) is 9.85. The number of carbonyl (C=O) groups is 1. The number of benzene rings is 2. The molecule has 0 amide bonds. The van der Waals surface area contributed by atoms with Gasteiger partial charge in [-0.2, -0.15) is 0 Å². The van der Waals surface area contributed by atoms with E-state index in [-0.39, 0.29) is 18.0 Å². The molecule has 0 fully saturated rings. The summed E-state index contributed by atoms with van der Waals surface area (Å²) in [6.07, 6.45) is 2.02. The van der Waals surface area contributed by atoms with Gasteiger partial charge in [0.1, 0.15) is 17.6 Å². The number of methoxy groups -OCH3 is 1. The average molecular weight is 509 g/mol. The van der Waals surface area contributed by atoms with Gasteiger partial charge in [-0.15, -0.1) is 13.2 Å². The molecule has 0 spiro atoms. The van der Waals surface area contributed by atoms with E-state index in [9.17, 15) is 9.90 Å². The molecular formula is C30H42BO6.